The molecule has 0 bridgehead atoms. The van der Waals surface area contributed by atoms with E-state index >= 15 is 0 Å². The maximum Gasteiger partial charge on any atom is 0.251 e. The van der Waals surface area contributed by atoms with Crippen molar-refractivity contribution in [2.45, 2.75) is 0 Å². The number of halogens is 1. The zero-order chi connectivity index (χ0) is 9.84. The second-order valence-corrected chi connectivity index (χ2v) is 2.89. The van der Waals surface area contributed by atoms with E-state index in [9.17, 15) is 4.79 Å². The fourth-order valence-electron chi connectivity index (χ4n) is 0.948. The van der Waals surface area contributed by atoms with Crippen molar-refractivity contribution in [2.24, 2.45) is 5.84 Å². The normalized spacial score (nSPS) is 9.46. The summed E-state index contributed by atoms with van der Waals surface area (Å²) in [6, 6.07) is 4.82. The number of nitrogens with two attached hydrogens (primary N) is 1. The van der Waals surface area contributed by atoms with Crippen LogP contribution in [0.15, 0.2) is 18.2 Å². The molecule has 4 nitrogen and oxygen atoms in total. The molecule has 0 aliphatic carbocycles. The van der Waals surface area contributed by atoms with E-state index in [1.165, 1.54) is 0 Å². The van der Waals surface area contributed by atoms with Gasteiger partial charge in [-0.2, -0.15) is 0 Å². The van der Waals surface area contributed by atoms with E-state index in [-0.39, 0.29) is 5.91 Å². The van der Waals surface area contributed by atoms with Gasteiger partial charge in [0.15, 0.2) is 0 Å². The summed E-state index contributed by atoms with van der Waals surface area (Å²) in [7, 11) is 1.55. The van der Waals surface area contributed by atoms with Crippen LogP contribution in [0.3, 0.4) is 0 Å². The zero-order valence-corrected chi connectivity index (χ0v) is 7.85. The average Bonchev–Trinajstić information content (AvgIpc) is 2.15. The number of hydrogen-bond donors (Lipinski definition) is 3. The fraction of sp³-hybridized carbons (Fsp3) is 0.125. The number of rotatable bonds is 2. The first-order valence-corrected chi connectivity index (χ1v) is 4.04. The van der Waals surface area contributed by atoms with E-state index in [4.69, 9.17) is 17.4 Å². The number of nitrogen functional groups attached to an aromatic ring is 1. The summed E-state index contributed by atoms with van der Waals surface area (Å²) >= 11 is 5.75. The highest BCUT2D eigenvalue weighted by molar-refractivity contribution is 6.31. The quantitative estimate of drug-likeness (QED) is 0.492. The Kier molecular flexibility index (Phi) is 3.11. The molecule has 4 N–H and O–H groups in total. The molecule has 0 fully saturated rings. The minimum Gasteiger partial charge on any atom is -0.355 e. The molecule has 0 radical (unpaired) electrons. The number of carbonyl (C=O) groups excluding carboxylic acids is 1. The monoisotopic (exact) mass is 199 g/mol. The Morgan fingerprint density at radius 1 is 1.46 bits per heavy atom. The number of amides is 1. The number of benzene rings is 1. The first kappa shape index (κ1) is 9.83. The van der Waals surface area contributed by atoms with Crippen LogP contribution in [0.2, 0.25) is 5.02 Å². The van der Waals surface area contributed by atoms with E-state index in [0.717, 1.165) is 0 Å². The minimum absolute atomic E-state index is 0.195. The lowest BCUT2D eigenvalue weighted by Crippen LogP contribution is -2.18. The van der Waals surface area contributed by atoms with Crippen molar-refractivity contribution in [1.82, 2.24) is 5.32 Å². The third kappa shape index (κ3) is 2.34. The Balaban J connectivity index is 3.08. The van der Waals surface area contributed by atoms with Gasteiger partial charge in [0.1, 0.15) is 0 Å². The van der Waals surface area contributed by atoms with Crippen LogP contribution in [-0.2, 0) is 0 Å². The minimum atomic E-state index is -0.195. The van der Waals surface area contributed by atoms with Gasteiger partial charge in [0.2, 0.25) is 0 Å². The van der Waals surface area contributed by atoms with Crippen LogP contribution in [0.5, 0.6) is 0 Å². The van der Waals surface area contributed by atoms with Gasteiger partial charge in [0.05, 0.1) is 5.69 Å². The predicted octanol–water partition coefficient (Wildman–Crippen LogP) is 0.985. The molecule has 13 heavy (non-hydrogen) atoms. The molecule has 1 aromatic rings. The molecule has 0 heterocycles. The molecule has 70 valence electrons. The van der Waals surface area contributed by atoms with Crippen molar-refractivity contribution >= 4 is 23.2 Å². The van der Waals surface area contributed by atoms with Gasteiger partial charge < -0.3 is 10.7 Å². The van der Waals surface area contributed by atoms with Gasteiger partial charge in [-0.25, -0.2) is 0 Å². The second-order valence-electron chi connectivity index (χ2n) is 2.45. The van der Waals surface area contributed by atoms with E-state index < -0.39 is 0 Å². The van der Waals surface area contributed by atoms with Gasteiger partial charge in [-0.15, -0.1) is 0 Å². The third-order valence-corrected chi connectivity index (χ3v) is 1.77. The van der Waals surface area contributed by atoms with Gasteiger partial charge in [0, 0.05) is 17.6 Å². The summed E-state index contributed by atoms with van der Waals surface area (Å²) in [6.45, 7) is 0. The van der Waals surface area contributed by atoms with Crippen molar-refractivity contribution in [3.63, 3.8) is 0 Å². The number of hydrazine groups is 1. The molecule has 0 spiro atoms. The van der Waals surface area contributed by atoms with Crippen LogP contribution in [0.1, 0.15) is 10.4 Å². The smallest absolute Gasteiger partial charge is 0.251 e. The number of nitrogens with one attached hydrogen (secondary N) is 2. The molecule has 0 atom stereocenters. The Bertz CT molecular complexity index is 327. The Morgan fingerprint density at radius 2 is 2.15 bits per heavy atom. The second kappa shape index (κ2) is 4.11. The molecule has 0 aliphatic rings. The maximum atomic E-state index is 11.2. The Morgan fingerprint density at radius 3 is 2.69 bits per heavy atom. The number of carbonyl (C=O) groups is 1. The summed E-state index contributed by atoms with van der Waals surface area (Å²) in [5.74, 6) is 4.99. The Labute approximate surface area is 81.0 Å². The first-order chi connectivity index (χ1) is 6.17. The van der Waals surface area contributed by atoms with Gasteiger partial charge >= 0.3 is 0 Å². The standard InChI is InChI=1S/C8H10ClN3O/c1-11-8(13)5-2-6(9)4-7(3-5)12-10/h2-4,12H,10H2,1H3,(H,11,13). The topological polar surface area (TPSA) is 67.2 Å². The number of anilines is 1. The molecule has 0 saturated carbocycles. The van der Waals surface area contributed by atoms with Crippen LogP contribution in [-0.4, -0.2) is 13.0 Å². The van der Waals surface area contributed by atoms with Crippen molar-refractivity contribution in [3.8, 4) is 0 Å². The van der Waals surface area contributed by atoms with Gasteiger partial charge in [-0.05, 0) is 18.2 Å². The van der Waals surface area contributed by atoms with Gasteiger partial charge in [0.25, 0.3) is 5.91 Å². The highest BCUT2D eigenvalue weighted by Gasteiger charge is 2.05. The highest BCUT2D eigenvalue weighted by Crippen LogP contribution is 2.17. The van der Waals surface area contributed by atoms with Crippen LogP contribution >= 0.6 is 11.6 Å². The summed E-state index contributed by atoms with van der Waals surface area (Å²) in [5, 5.41) is 2.96. The molecular formula is C8H10ClN3O. The average molecular weight is 200 g/mol. The summed E-state index contributed by atoms with van der Waals surface area (Å²) in [6.07, 6.45) is 0. The summed E-state index contributed by atoms with van der Waals surface area (Å²) in [4.78, 5) is 11.2. The van der Waals surface area contributed by atoms with Crippen LogP contribution in [0, 0.1) is 0 Å². The molecule has 0 saturated heterocycles. The molecule has 1 aromatic carbocycles. The largest absolute Gasteiger partial charge is 0.355 e. The fourth-order valence-corrected chi connectivity index (χ4v) is 1.18. The van der Waals surface area contributed by atoms with Crippen molar-refractivity contribution in [3.05, 3.63) is 28.8 Å². The van der Waals surface area contributed by atoms with E-state index in [0.29, 0.717) is 16.3 Å². The van der Waals surface area contributed by atoms with Gasteiger partial charge in [-0.1, -0.05) is 11.6 Å². The SMILES string of the molecule is CNC(=O)c1cc(Cl)cc(NN)c1. The lowest BCUT2D eigenvalue weighted by atomic mass is 10.2. The molecule has 0 aromatic heterocycles. The van der Waals surface area contributed by atoms with Crippen molar-refractivity contribution in [2.75, 3.05) is 12.5 Å². The lowest BCUT2D eigenvalue weighted by Gasteiger charge is -2.04. The zero-order valence-electron chi connectivity index (χ0n) is 7.10. The van der Waals surface area contributed by atoms with Crippen molar-refractivity contribution in [1.29, 1.82) is 0 Å². The molecule has 5 heteroatoms. The third-order valence-electron chi connectivity index (χ3n) is 1.55. The predicted molar refractivity (Wildman–Crippen MR) is 52.7 cm³/mol. The van der Waals surface area contributed by atoms with Crippen LogP contribution in [0.25, 0.3) is 0 Å². The van der Waals surface area contributed by atoms with E-state index in [1.54, 1.807) is 25.2 Å². The molecule has 0 unspecified atom stereocenters. The molecule has 1 amide bonds. The lowest BCUT2D eigenvalue weighted by molar-refractivity contribution is 0.0963. The van der Waals surface area contributed by atoms with Crippen LogP contribution in [0.4, 0.5) is 5.69 Å². The molecular weight excluding hydrogens is 190 g/mol. The first-order valence-electron chi connectivity index (χ1n) is 3.66. The van der Waals surface area contributed by atoms with E-state index in [2.05, 4.69) is 10.7 Å². The van der Waals surface area contributed by atoms with Crippen LogP contribution < -0.4 is 16.6 Å². The number of hydrogen-bond acceptors (Lipinski definition) is 3. The molecule has 0 aliphatic heterocycles. The van der Waals surface area contributed by atoms with Gasteiger partial charge in [-0.3, -0.25) is 10.6 Å². The van der Waals surface area contributed by atoms with Crippen molar-refractivity contribution < 1.29 is 4.79 Å². The molecule has 1 rings (SSSR count). The van der Waals surface area contributed by atoms with E-state index in [1.807, 2.05) is 0 Å². The highest BCUT2D eigenvalue weighted by atomic mass is 35.5. The Hall–Kier alpha value is -1.26. The maximum absolute atomic E-state index is 11.2. The summed E-state index contributed by atoms with van der Waals surface area (Å²) < 4.78 is 0. The summed E-state index contributed by atoms with van der Waals surface area (Å²) in [5.41, 5.74) is 3.50.